The molecule has 0 spiro atoms. The Morgan fingerprint density at radius 1 is 1.22 bits per heavy atom. The first-order valence-corrected chi connectivity index (χ1v) is 5.68. The van der Waals surface area contributed by atoms with Crippen molar-refractivity contribution in [3.8, 4) is 5.75 Å². The van der Waals surface area contributed by atoms with Gasteiger partial charge in [0.2, 0.25) is 0 Å². The molecule has 0 heterocycles. The van der Waals surface area contributed by atoms with E-state index < -0.39 is 12.3 Å². The van der Waals surface area contributed by atoms with Crippen LogP contribution in [0.25, 0.3) is 0 Å². The number of hydrogen-bond acceptors (Lipinski definition) is 2. The van der Waals surface area contributed by atoms with E-state index in [1.165, 1.54) is 13.2 Å². The van der Waals surface area contributed by atoms with E-state index in [1.54, 1.807) is 13.8 Å². The Morgan fingerprint density at radius 3 is 2.11 bits per heavy atom. The van der Waals surface area contributed by atoms with Gasteiger partial charge in [-0.25, -0.2) is 0 Å². The lowest BCUT2D eigenvalue weighted by Gasteiger charge is -2.21. The highest BCUT2D eigenvalue weighted by Crippen LogP contribution is 2.42. The summed E-state index contributed by atoms with van der Waals surface area (Å²) in [5.74, 6) is -0.0444. The summed E-state index contributed by atoms with van der Waals surface area (Å²) in [6.07, 6.45) is -7.37. The van der Waals surface area contributed by atoms with Gasteiger partial charge in [-0.1, -0.05) is 25.4 Å². The predicted molar refractivity (Wildman–Crippen MR) is 63.1 cm³/mol. The van der Waals surface area contributed by atoms with Crippen LogP contribution in [0.15, 0.2) is 12.1 Å². The molecule has 18 heavy (non-hydrogen) atoms. The third-order valence-corrected chi connectivity index (χ3v) is 2.76. The van der Waals surface area contributed by atoms with Crippen LogP contribution in [0.4, 0.5) is 13.2 Å². The minimum Gasteiger partial charge on any atom is -0.496 e. The van der Waals surface area contributed by atoms with Crippen LogP contribution in [-0.2, 0) is 0 Å². The first kappa shape index (κ1) is 15.1. The summed E-state index contributed by atoms with van der Waals surface area (Å²) in [5.41, 5.74) is 0.171. The van der Waals surface area contributed by atoms with Gasteiger partial charge < -0.3 is 9.84 Å². The monoisotopic (exact) mass is 282 g/mol. The van der Waals surface area contributed by atoms with Gasteiger partial charge in [-0.15, -0.1) is 0 Å². The van der Waals surface area contributed by atoms with Gasteiger partial charge in [0.05, 0.1) is 7.11 Å². The summed E-state index contributed by atoms with van der Waals surface area (Å²) in [7, 11) is 1.27. The van der Waals surface area contributed by atoms with Crippen molar-refractivity contribution in [2.45, 2.75) is 32.0 Å². The average molecular weight is 283 g/mol. The molecule has 1 atom stereocenters. The number of ether oxygens (including phenoxy) is 1. The second-order valence-corrected chi connectivity index (χ2v) is 4.65. The van der Waals surface area contributed by atoms with Crippen molar-refractivity contribution in [2.75, 3.05) is 7.11 Å². The van der Waals surface area contributed by atoms with Gasteiger partial charge in [-0.2, -0.15) is 13.2 Å². The van der Waals surface area contributed by atoms with E-state index in [4.69, 9.17) is 16.3 Å². The lowest BCUT2D eigenvalue weighted by atomic mass is 9.96. The fourth-order valence-electron chi connectivity index (χ4n) is 1.68. The highest BCUT2D eigenvalue weighted by Gasteiger charge is 2.41. The van der Waals surface area contributed by atoms with Crippen LogP contribution in [0.2, 0.25) is 5.02 Å². The zero-order valence-corrected chi connectivity index (χ0v) is 10.9. The SMILES string of the molecule is COc1c(C(C)C)cc(Cl)cc1C(O)C(F)(F)F. The summed E-state index contributed by atoms with van der Waals surface area (Å²) in [4.78, 5) is 0. The summed E-state index contributed by atoms with van der Waals surface area (Å²) in [5, 5.41) is 9.47. The molecule has 0 amide bonds. The van der Waals surface area contributed by atoms with Crippen LogP contribution in [0.5, 0.6) is 5.75 Å². The summed E-state index contributed by atoms with van der Waals surface area (Å²) >= 11 is 5.78. The van der Waals surface area contributed by atoms with E-state index in [-0.39, 0.29) is 22.3 Å². The van der Waals surface area contributed by atoms with E-state index in [0.29, 0.717) is 5.56 Å². The second-order valence-electron chi connectivity index (χ2n) is 4.22. The van der Waals surface area contributed by atoms with Crippen molar-refractivity contribution in [1.82, 2.24) is 0 Å². The Morgan fingerprint density at radius 2 is 1.72 bits per heavy atom. The third kappa shape index (κ3) is 3.09. The Labute approximate surface area is 108 Å². The van der Waals surface area contributed by atoms with Crippen molar-refractivity contribution >= 4 is 11.6 Å². The number of aliphatic hydroxyl groups excluding tert-OH is 1. The molecule has 102 valence electrons. The predicted octanol–water partition coefficient (Wildman–Crippen LogP) is 4.07. The fraction of sp³-hybridized carbons (Fsp3) is 0.500. The van der Waals surface area contributed by atoms with Crippen LogP contribution in [-0.4, -0.2) is 18.4 Å². The van der Waals surface area contributed by atoms with Crippen molar-refractivity contribution < 1.29 is 23.0 Å². The Bertz CT molecular complexity index is 430. The summed E-state index contributed by atoms with van der Waals surface area (Å²) in [6.45, 7) is 3.61. The molecule has 0 bridgehead atoms. The highest BCUT2D eigenvalue weighted by molar-refractivity contribution is 6.30. The first-order chi connectivity index (χ1) is 8.18. The van der Waals surface area contributed by atoms with E-state index in [2.05, 4.69) is 0 Å². The Hall–Kier alpha value is -0.940. The maximum Gasteiger partial charge on any atom is 0.418 e. The van der Waals surface area contributed by atoms with Crippen molar-refractivity contribution in [3.63, 3.8) is 0 Å². The van der Waals surface area contributed by atoms with Crippen molar-refractivity contribution in [1.29, 1.82) is 0 Å². The molecule has 0 aromatic heterocycles. The summed E-state index contributed by atoms with van der Waals surface area (Å²) in [6, 6.07) is 2.61. The highest BCUT2D eigenvalue weighted by atomic mass is 35.5. The van der Waals surface area contributed by atoms with E-state index in [9.17, 15) is 18.3 Å². The first-order valence-electron chi connectivity index (χ1n) is 5.30. The molecular weight excluding hydrogens is 269 g/mol. The molecule has 0 fully saturated rings. The Kier molecular flexibility index (Phi) is 4.50. The molecule has 2 nitrogen and oxygen atoms in total. The van der Waals surface area contributed by atoms with Gasteiger partial charge >= 0.3 is 6.18 Å². The zero-order chi connectivity index (χ0) is 14.1. The Balaban J connectivity index is 3.43. The quantitative estimate of drug-likeness (QED) is 0.905. The standard InChI is InChI=1S/C12H14ClF3O2/c1-6(2)8-4-7(13)5-9(10(8)18-3)11(17)12(14,15)16/h4-6,11,17H,1-3H3. The minimum atomic E-state index is -4.76. The summed E-state index contributed by atoms with van der Waals surface area (Å²) < 4.78 is 42.7. The van der Waals surface area contributed by atoms with Gasteiger partial charge in [0.15, 0.2) is 6.10 Å². The molecule has 1 unspecified atom stereocenters. The van der Waals surface area contributed by atoms with Crippen LogP contribution < -0.4 is 4.74 Å². The van der Waals surface area contributed by atoms with Gasteiger partial charge in [-0.3, -0.25) is 0 Å². The molecule has 0 aliphatic rings. The number of halogens is 4. The maximum atomic E-state index is 12.6. The van der Waals surface area contributed by atoms with E-state index in [1.807, 2.05) is 0 Å². The topological polar surface area (TPSA) is 29.5 Å². The number of methoxy groups -OCH3 is 1. The lowest BCUT2D eigenvalue weighted by molar-refractivity contribution is -0.207. The van der Waals surface area contributed by atoms with Gasteiger partial charge in [0, 0.05) is 10.6 Å². The molecule has 1 N–H and O–H groups in total. The van der Waals surface area contributed by atoms with Gasteiger partial charge in [-0.05, 0) is 23.6 Å². The number of aliphatic hydroxyl groups is 1. The minimum absolute atomic E-state index is 0.0271. The van der Waals surface area contributed by atoms with Crippen LogP contribution in [0.1, 0.15) is 37.0 Å². The number of alkyl halides is 3. The molecular formula is C12H14ClF3O2. The van der Waals surface area contributed by atoms with Crippen LogP contribution in [0.3, 0.4) is 0 Å². The third-order valence-electron chi connectivity index (χ3n) is 2.54. The molecule has 1 rings (SSSR count). The number of hydrogen-bond donors (Lipinski definition) is 1. The zero-order valence-electron chi connectivity index (χ0n) is 10.2. The van der Waals surface area contributed by atoms with E-state index >= 15 is 0 Å². The molecule has 0 radical (unpaired) electrons. The van der Waals surface area contributed by atoms with Crippen LogP contribution >= 0.6 is 11.6 Å². The molecule has 0 saturated heterocycles. The number of rotatable bonds is 3. The van der Waals surface area contributed by atoms with Crippen molar-refractivity contribution in [2.24, 2.45) is 0 Å². The molecule has 6 heteroatoms. The van der Waals surface area contributed by atoms with E-state index in [0.717, 1.165) is 6.07 Å². The van der Waals surface area contributed by atoms with Crippen LogP contribution in [0, 0.1) is 0 Å². The largest absolute Gasteiger partial charge is 0.496 e. The molecule has 1 aromatic carbocycles. The average Bonchev–Trinajstić information content (AvgIpc) is 2.25. The molecule has 1 aromatic rings. The molecule has 0 aliphatic heterocycles. The van der Waals surface area contributed by atoms with Gasteiger partial charge in [0.25, 0.3) is 0 Å². The smallest absolute Gasteiger partial charge is 0.418 e. The fourth-order valence-corrected chi connectivity index (χ4v) is 1.92. The lowest BCUT2D eigenvalue weighted by Crippen LogP contribution is -2.21. The second kappa shape index (κ2) is 5.36. The molecule has 0 saturated carbocycles. The van der Waals surface area contributed by atoms with Crippen molar-refractivity contribution in [3.05, 3.63) is 28.3 Å². The normalized spacial score (nSPS) is 13.8. The number of benzene rings is 1. The maximum absolute atomic E-state index is 12.6. The molecule has 0 aliphatic carbocycles. The van der Waals surface area contributed by atoms with Gasteiger partial charge in [0.1, 0.15) is 5.75 Å².